The Labute approximate surface area is 161 Å². The van der Waals surface area contributed by atoms with Gasteiger partial charge >= 0.3 is 0 Å². The van der Waals surface area contributed by atoms with Gasteiger partial charge in [0.15, 0.2) is 5.11 Å². The zero-order valence-corrected chi connectivity index (χ0v) is 15.8. The second kappa shape index (κ2) is 7.65. The summed E-state index contributed by atoms with van der Waals surface area (Å²) in [4.78, 5) is 9.19. The molecule has 1 aliphatic heterocycles. The van der Waals surface area contributed by atoms with Crippen molar-refractivity contribution in [1.29, 1.82) is 0 Å². The first-order valence-electron chi connectivity index (χ1n) is 8.56. The van der Waals surface area contributed by atoms with E-state index in [4.69, 9.17) is 17.2 Å². The second-order valence-corrected chi connectivity index (χ2v) is 7.75. The van der Waals surface area contributed by atoms with Crippen molar-refractivity contribution in [1.82, 2.24) is 14.8 Å². The Bertz CT molecular complexity index is 886. The van der Waals surface area contributed by atoms with Gasteiger partial charge in [0.25, 0.3) is 0 Å². The van der Waals surface area contributed by atoms with E-state index in [1.54, 1.807) is 29.5 Å². The molecule has 0 saturated carbocycles. The van der Waals surface area contributed by atoms with E-state index in [0.29, 0.717) is 10.8 Å². The third-order valence-electron chi connectivity index (χ3n) is 4.47. The molecule has 26 heavy (non-hydrogen) atoms. The summed E-state index contributed by atoms with van der Waals surface area (Å²) in [6, 6.07) is 14.8. The lowest BCUT2D eigenvalue weighted by molar-refractivity contribution is 0.177. The van der Waals surface area contributed by atoms with Crippen LogP contribution in [-0.4, -0.2) is 46.1 Å². The molecule has 0 atom stereocenters. The van der Waals surface area contributed by atoms with Crippen molar-refractivity contribution in [3.8, 4) is 0 Å². The molecule has 1 aliphatic rings. The van der Waals surface area contributed by atoms with Crippen LogP contribution < -0.4 is 5.32 Å². The number of anilines is 1. The topological polar surface area (TPSA) is 31.4 Å². The van der Waals surface area contributed by atoms with Crippen molar-refractivity contribution in [2.75, 3.05) is 31.5 Å². The van der Waals surface area contributed by atoms with Crippen molar-refractivity contribution < 1.29 is 4.39 Å². The van der Waals surface area contributed by atoms with Crippen LogP contribution in [0.25, 0.3) is 10.2 Å². The minimum atomic E-state index is -0.288. The van der Waals surface area contributed by atoms with Crippen LogP contribution in [0.5, 0.6) is 0 Å². The molecule has 7 heteroatoms. The van der Waals surface area contributed by atoms with Crippen LogP contribution in [0.4, 0.5) is 10.1 Å². The van der Waals surface area contributed by atoms with Crippen LogP contribution in [0.15, 0.2) is 48.5 Å². The highest BCUT2D eigenvalue weighted by molar-refractivity contribution is 7.80. The molecule has 4 nitrogen and oxygen atoms in total. The van der Waals surface area contributed by atoms with E-state index in [-0.39, 0.29) is 5.82 Å². The summed E-state index contributed by atoms with van der Waals surface area (Å²) in [6.45, 7) is 4.33. The summed E-state index contributed by atoms with van der Waals surface area (Å²) in [5.74, 6) is -0.288. The first-order chi connectivity index (χ1) is 12.7. The van der Waals surface area contributed by atoms with Gasteiger partial charge in [0, 0.05) is 26.2 Å². The van der Waals surface area contributed by atoms with Crippen LogP contribution in [0.1, 0.15) is 5.01 Å². The number of nitrogens with one attached hydrogen (secondary N) is 1. The fourth-order valence-electron chi connectivity index (χ4n) is 3.04. The highest BCUT2D eigenvalue weighted by Gasteiger charge is 2.20. The van der Waals surface area contributed by atoms with Gasteiger partial charge in [0.05, 0.1) is 22.4 Å². The number of hydrogen-bond acceptors (Lipinski definition) is 4. The van der Waals surface area contributed by atoms with Gasteiger partial charge in [-0.15, -0.1) is 11.3 Å². The van der Waals surface area contributed by atoms with Gasteiger partial charge in [-0.1, -0.05) is 24.3 Å². The molecular formula is C19H19FN4S2. The number of nitrogens with zero attached hydrogens (tertiary/aromatic N) is 3. The fraction of sp³-hybridized carbons (Fsp3) is 0.263. The maximum atomic E-state index is 13.8. The van der Waals surface area contributed by atoms with E-state index in [1.807, 2.05) is 12.1 Å². The maximum absolute atomic E-state index is 13.8. The normalized spacial score (nSPS) is 15.3. The smallest absolute Gasteiger partial charge is 0.173 e. The average Bonchev–Trinajstić information content (AvgIpc) is 3.06. The minimum Gasteiger partial charge on any atom is -0.346 e. The van der Waals surface area contributed by atoms with Crippen LogP contribution in [0.3, 0.4) is 0 Å². The Morgan fingerprint density at radius 3 is 2.58 bits per heavy atom. The zero-order chi connectivity index (χ0) is 17.9. The molecule has 2 aromatic carbocycles. The molecule has 1 fully saturated rings. The molecule has 134 valence electrons. The number of benzene rings is 2. The van der Waals surface area contributed by atoms with Crippen LogP contribution in [-0.2, 0) is 6.54 Å². The van der Waals surface area contributed by atoms with Crippen LogP contribution in [0.2, 0.25) is 0 Å². The predicted octanol–water partition coefficient (Wildman–Crippen LogP) is 3.95. The lowest BCUT2D eigenvalue weighted by Gasteiger charge is -2.35. The number of piperazine rings is 1. The third-order valence-corrected chi connectivity index (χ3v) is 5.85. The average molecular weight is 387 g/mol. The number of thiocarbonyl (C=S) groups is 1. The molecule has 0 aliphatic carbocycles. The Morgan fingerprint density at radius 1 is 1.08 bits per heavy atom. The van der Waals surface area contributed by atoms with Crippen LogP contribution >= 0.6 is 23.6 Å². The summed E-state index contributed by atoms with van der Waals surface area (Å²) in [6.07, 6.45) is 0. The minimum absolute atomic E-state index is 0.288. The summed E-state index contributed by atoms with van der Waals surface area (Å²) in [5.41, 5.74) is 1.50. The van der Waals surface area contributed by atoms with Gasteiger partial charge in [0.1, 0.15) is 10.8 Å². The van der Waals surface area contributed by atoms with Crippen molar-refractivity contribution in [3.05, 3.63) is 59.4 Å². The molecule has 0 bridgehead atoms. The molecule has 0 radical (unpaired) electrons. The van der Waals surface area contributed by atoms with Gasteiger partial charge in [-0.25, -0.2) is 9.37 Å². The van der Waals surface area contributed by atoms with Crippen LogP contribution in [0, 0.1) is 5.82 Å². The number of halogens is 1. The first kappa shape index (κ1) is 17.3. The van der Waals surface area contributed by atoms with E-state index >= 15 is 0 Å². The van der Waals surface area contributed by atoms with E-state index in [9.17, 15) is 4.39 Å². The van der Waals surface area contributed by atoms with Gasteiger partial charge < -0.3 is 10.2 Å². The predicted molar refractivity (Wildman–Crippen MR) is 109 cm³/mol. The highest BCUT2D eigenvalue weighted by atomic mass is 32.1. The number of fused-ring (bicyclic) bond motifs is 1. The van der Waals surface area contributed by atoms with E-state index < -0.39 is 0 Å². The Hall–Kier alpha value is -2.09. The Morgan fingerprint density at radius 2 is 1.81 bits per heavy atom. The largest absolute Gasteiger partial charge is 0.346 e. The van der Waals surface area contributed by atoms with Crippen molar-refractivity contribution in [2.24, 2.45) is 0 Å². The Balaban J connectivity index is 1.32. The number of para-hydroxylation sites is 2. The molecule has 0 amide bonds. The molecule has 4 rings (SSSR count). The molecule has 1 aromatic heterocycles. The quantitative estimate of drug-likeness (QED) is 0.689. The monoisotopic (exact) mass is 386 g/mol. The van der Waals surface area contributed by atoms with Crippen molar-refractivity contribution in [3.63, 3.8) is 0 Å². The molecule has 0 unspecified atom stereocenters. The van der Waals surface area contributed by atoms with E-state index in [1.165, 1.54) is 10.8 Å². The van der Waals surface area contributed by atoms with Gasteiger partial charge in [-0.2, -0.15) is 0 Å². The summed E-state index contributed by atoms with van der Waals surface area (Å²) in [7, 11) is 0. The van der Waals surface area contributed by atoms with Crippen molar-refractivity contribution in [2.45, 2.75) is 6.54 Å². The van der Waals surface area contributed by atoms with Gasteiger partial charge in [-0.3, -0.25) is 4.90 Å². The summed E-state index contributed by atoms with van der Waals surface area (Å²) >= 11 is 7.20. The Kier molecular flexibility index (Phi) is 5.10. The number of thiazole rings is 1. The standard InChI is InChI=1S/C19H19FN4S2/c20-14-5-1-2-6-15(14)22-19(25)24-11-9-23(10-12-24)13-18-21-16-7-3-4-8-17(16)26-18/h1-8H,9-13H2,(H,22,25). The molecule has 0 spiro atoms. The van der Waals surface area contributed by atoms with Crippen molar-refractivity contribution >= 4 is 44.6 Å². The fourth-order valence-corrected chi connectivity index (χ4v) is 4.35. The molecule has 1 saturated heterocycles. The van der Waals surface area contributed by atoms with Gasteiger partial charge in [-0.05, 0) is 36.5 Å². The molecule has 1 N–H and O–H groups in total. The van der Waals surface area contributed by atoms with E-state index in [2.05, 4.69) is 27.2 Å². The third kappa shape index (κ3) is 3.85. The zero-order valence-electron chi connectivity index (χ0n) is 14.2. The summed E-state index contributed by atoms with van der Waals surface area (Å²) in [5, 5.41) is 4.74. The number of hydrogen-bond donors (Lipinski definition) is 1. The lowest BCUT2D eigenvalue weighted by atomic mass is 10.3. The molecule has 3 aromatic rings. The lowest BCUT2D eigenvalue weighted by Crippen LogP contribution is -2.49. The SMILES string of the molecule is Fc1ccccc1NC(=S)N1CCN(Cc2nc3ccccc3s2)CC1. The van der Waals surface area contributed by atoms with Gasteiger partial charge in [0.2, 0.25) is 0 Å². The highest BCUT2D eigenvalue weighted by Crippen LogP contribution is 2.23. The maximum Gasteiger partial charge on any atom is 0.173 e. The summed E-state index contributed by atoms with van der Waals surface area (Å²) < 4.78 is 15.0. The molecule has 2 heterocycles. The number of aromatic nitrogens is 1. The first-order valence-corrected chi connectivity index (χ1v) is 9.79. The number of rotatable bonds is 3. The molecular weight excluding hydrogens is 367 g/mol. The second-order valence-electron chi connectivity index (χ2n) is 6.25. The van der Waals surface area contributed by atoms with E-state index in [0.717, 1.165) is 43.2 Å².